The summed E-state index contributed by atoms with van der Waals surface area (Å²) in [6.45, 7) is 3.43. The van der Waals surface area contributed by atoms with Gasteiger partial charge in [0.05, 0.1) is 4.88 Å². The molecule has 1 fully saturated rings. The van der Waals surface area contributed by atoms with Gasteiger partial charge in [-0.15, -0.1) is 11.3 Å². The van der Waals surface area contributed by atoms with Crippen LogP contribution in [-0.2, 0) is 16.1 Å². The first-order valence-electron chi connectivity index (χ1n) is 9.55. The minimum Gasteiger partial charge on any atom is -0.473 e. The highest BCUT2D eigenvalue weighted by Gasteiger charge is 2.15. The summed E-state index contributed by atoms with van der Waals surface area (Å²) in [6, 6.07) is 9.93. The van der Waals surface area contributed by atoms with Gasteiger partial charge < -0.3 is 14.7 Å². The maximum atomic E-state index is 9.10. The fourth-order valence-electron chi connectivity index (χ4n) is 3.02. The quantitative estimate of drug-likeness (QED) is 0.598. The van der Waals surface area contributed by atoms with Gasteiger partial charge in [-0.3, -0.25) is 9.88 Å². The van der Waals surface area contributed by atoms with Crippen molar-refractivity contribution in [2.75, 3.05) is 13.1 Å². The predicted molar refractivity (Wildman–Crippen MR) is 110 cm³/mol. The van der Waals surface area contributed by atoms with Gasteiger partial charge in [-0.1, -0.05) is 24.1 Å². The lowest BCUT2D eigenvalue weighted by Crippen LogP contribution is -2.23. The maximum absolute atomic E-state index is 9.10. The summed E-state index contributed by atoms with van der Waals surface area (Å²) < 4.78 is 5.42. The highest BCUT2D eigenvalue weighted by atomic mass is 32.1. The molecule has 3 aromatic rings. The van der Waals surface area contributed by atoms with E-state index >= 15 is 0 Å². The average Bonchev–Trinajstić information content (AvgIpc) is 3.34. The molecule has 0 aliphatic carbocycles. The number of nitrogens with zero attached hydrogens (tertiary/aromatic N) is 4. The Balaban J connectivity index is 0.000000377. The number of rotatable bonds is 4. The molecule has 158 valence electrons. The Morgan fingerprint density at radius 3 is 2.40 bits per heavy atom. The molecule has 0 amide bonds. The van der Waals surface area contributed by atoms with Gasteiger partial charge in [0.1, 0.15) is 5.69 Å². The minimum atomic E-state index is -1.82. The fourth-order valence-corrected chi connectivity index (χ4v) is 3.99. The van der Waals surface area contributed by atoms with Crippen LogP contribution in [0.15, 0.2) is 41.1 Å². The van der Waals surface area contributed by atoms with Gasteiger partial charge in [-0.05, 0) is 50.2 Å². The number of aliphatic carboxylic acids is 2. The van der Waals surface area contributed by atoms with Crippen molar-refractivity contribution >= 4 is 23.3 Å². The van der Waals surface area contributed by atoms with E-state index in [-0.39, 0.29) is 0 Å². The first-order valence-corrected chi connectivity index (χ1v) is 10.4. The van der Waals surface area contributed by atoms with Crippen LogP contribution in [0.25, 0.3) is 22.3 Å². The molecule has 4 rings (SSSR count). The van der Waals surface area contributed by atoms with Crippen molar-refractivity contribution in [3.05, 3.63) is 41.4 Å². The molecule has 1 aliphatic heterocycles. The van der Waals surface area contributed by atoms with Crippen LogP contribution in [-0.4, -0.2) is 55.3 Å². The lowest BCUT2D eigenvalue weighted by Gasteiger charge is -2.18. The first kappa shape index (κ1) is 21.6. The van der Waals surface area contributed by atoms with Gasteiger partial charge >= 0.3 is 11.9 Å². The predicted octanol–water partition coefficient (Wildman–Crippen LogP) is 3.39. The van der Waals surface area contributed by atoms with Crippen molar-refractivity contribution < 1.29 is 24.3 Å². The standard InChI is InChI=1S/C18H20N4OS.C2H2O4/c1-2-6-12-22(11-5-1)13-14-8-9-16(24-14)18-20-17(21-23-18)15-7-3-4-10-19-15;3-1(4)2(5)6/h3-4,7-10H,1-2,5-6,11-13H2;(H,3,4)(H,5,6). The normalized spacial score (nSPS) is 14.4. The van der Waals surface area contributed by atoms with E-state index in [0.717, 1.165) is 17.1 Å². The van der Waals surface area contributed by atoms with E-state index in [1.54, 1.807) is 17.5 Å². The molecule has 2 N–H and O–H groups in total. The molecule has 30 heavy (non-hydrogen) atoms. The zero-order valence-corrected chi connectivity index (χ0v) is 17.0. The highest BCUT2D eigenvalue weighted by Crippen LogP contribution is 2.29. The molecule has 10 heteroatoms. The van der Waals surface area contributed by atoms with Gasteiger partial charge in [0.2, 0.25) is 5.82 Å². The van der Waals surface area contributed by atoms with Crippen LogP contribution in [0.4, 0.5) is 0 Å². The Kier molecular flexibility index (Phi) is 7.63. The Morgan fingerprint density at radius 2 is 1.77 bits per heavy atom. The maximum Gasteiger partial charge on any atom is 0.414 e. The van der Waals surface area contributed by atoms with Gasteiger partial charge in [0, 0.05) is 17.6 Å². The third kappa shape index (κ3) is 6.19. The number of pyridine rings is 1. The van der Waals surface area contributed by atoms with Crippen molar-refractivity contribution in [2.24, 2.45) is 0 Å². The van der Waals surface area contributed by atoms with E-state index in [1.165, 1.54) is 43.6 Å². The number of aromatic nitrogens is 3. The molecular formula is C20H22N4O5S. The van der Waals surface area contributed by atoms with Crippen LogP contribution in [0.1, 0.15) is 30.6 Å². The van der Waals surface area contributed by atoms with Crippen LogP contribution < -0.4 is 0 Å². The monoisotopic (exact) mass is 430 g/mol. The number of likely N-dealkylation sites (tertiary alicyclic amines) is 1. The summed E-state index contributed by atoms with van der Waals surface area (Å²) in [5.74, 6) is -2.54. The summed E-state index contributed by atoms with van der Waals surface area (Å²) >= 11 is 1.74. The number of hydrogen-bond donors (Lipinski definition) is 2. The Morgan fingerprint density at radius 1 is 1.03 bits per heavy atom. The molecule has 3 aromatic heterocycles. The zero-order chi connectivity index (χ0) is 21.3. The molecule has 1 aliphatic rings. The summed E-state index contributed by atoms with van der Waals surface area (Å²) in [5, 5.41) is 18.8. The molecule has 0 bridgehead atoms. The van der Waals surface area contributed by atoms with Crippen molar-refractivity contribution in [1.29, 1.82) is 0 Å². The fraction of sp³-hybridized carbons (Fsp3) is 0.350. The van der Waals surface area contributed by atoms with E-state index in [4.69, 9.17) is 24.3 Å². The van der Waals surface area contributed by atoms with Crippen molar-refractivity contribution in [1.82, 2.24) is 20.0 Å². The molecule has 0 radical (unpaired) electrons. The summed E-state index contributed by atoms with van der Waals surface area (Å²) in [6.07, 6.45) is 7.09. The van der Waals surface area contributed by atoms with Crippen LogP contribution >= 0.6 is 11.3 Å². The summed E-state index contributed by atoms with van der Waals surface area (Å²) in [7, 11) is 0. The molecule has 0 atom stereocenters. The SMILES string of the molecule is O=C(O)C(=O)O.c1ccc(-c2noc(-c3ccc(CN4CCCCCC4)s3)n2)nc1. The van der Waals surface area contributed by atoms with Crippen LogP contribution in [0.3, 0.4) is 0 Å². The second-order valence-corrected chi connectivity index (χ2v) is 7.87. The van der Waals surface area contributed by atoms with Gasteiger partial charge in [0.15, 0.2) is 0 Å². The largest absolute Gasteiger partial charge is 0.473 e. The Labute approximate surface area is 177 Å². The third-order valence-corrected chi connectivity index (χ3v) is 5.51. The lowest BCUT2D eigenvalue weighted by molar-refractivity contribution is -0.159. The zero-order valence-electron chi connectivity index (χ0n) is 16.2. The molecule has 0 unspecified atom stereocenters. The molecule has 4 heterocycles. The third-order valence-electron chi connectivity index (χ3n) is 4.45. The molecule has 0 spiro atoms. The van der Waals surface area contributed by atoms with E-state index < -0.39 is 11.9 Å². The second kappa shape index (κ2) is 10.6. The van der Waals surface area contributed by atoms with Gasteiger partial charge in [-0.25, -0.2) is 9.59 Å². The smallest absolute Gasteiger partial charge is 0.414 e. The van der Waals surface area contributed by atoms with Crippen LogP contribution in [0.5, 0.6) is 0 Å². The lowest BCUT2D eigenvalue weighted by atomic mass is 10.2. The number of hydrogen-bond acceptors (Lipinski definition) is 8. The topological polar surface area (TPSA) is 130 Å². The van der Waals surface area contributed by atoms with E-state index in [1.807, 2.05) is 18.2 Å². The molecule has 1 saturated heterocycles. The molecule has 0 saturated carbocycles. The number of carboxylic acids is 2. The van der Waals surface area contributed by atoms with E-state index in [0.29, 0.717) is 11.7 Å². The number of carbonyl (C=O) groups is 2. The van der Waals surface area contributed by atoms with Crippen LogP contribution in [0, 0.1) is 0 Å². The Hall–Kier alpha value is -3.11. The Bertz CT molecular complexity index is 953. The molecule has 9 nitrogen and oxygen atoms in total. The van der Waals surface area contributed by atoms with Crippen LogP contribution in [0.2, 0.25) is 0 Å². The van der Waals surface area contributed by atoms with E-state index in [9.17, 15) is 0 Å². The number of thiophene rings is 1. The average molecular weight is 430 g/mol. The van der Waals surface area contributed by atoms with E-state index in [2.05, 4.69) is 32.2 Å². The van der Waals surface area contributed by atoms with Crippen molar-refractivity contribution in [2.45, 2.75) is 32.2 Å². The molecular weight excluding hydrogens is 408 g/mol. The van der Waals surface area contributed by atoms with Crippen molar-refractivity contribution in [3.8, 4) is 22.3 Å². The second-order valence-electron chi connectivity index (χ2n) is 6.70. The van der Waals surface area contributed by atoms with Gasteiger partial charge in [-0.2, -0.15) is 4.98 Å². The summed E-state index contributed by atoms with van der Waals surface area (Å²) in [4.78, 5) is 31.9. The highest BCUT2D eigenvalue weighted by molar-refractivity contribution is 7.15. The summed E-state index contributed by atoms with van der Waals surface area (Å²) in [5.41, 5.74) is 0.730. The number of carboxylic acid groups (broad SMARTS) is 2. The van der Waals surface area contributed by atoms with Gasteiger partial charge in [0.25, 0.3) is 5.89 Å². The first-order chi connectivity index (χ1) is 14.5. The van der Waals surface area contributed by atoms with Crippen molar-refractivity contribution in [3.63, 3.8) is 0 Å². The molecule has 0 aromatic carbocycles. The minimum absolute atomic E-state index is 0.535.